The topological polar surface area (TPSA) is 60.0 Å². The molecule has 0 heterocycles. The van der Waals surface area contributed by atoms with Crippen molar-refractivity contribution in [2.24, 2.45) is 0 Å². The number of phenols is 1. The maximum Gasteiger partial charge on any atom is 0.203 e. The molecule has 0 spiro atoms. The quantitative estimate of drug-likeness (QED) is 0.783. The molecule has 0 saturated carbocycles. The summed E-state index contributed by atoms with van der Waals surface area (Å²) < 4.78 is 16.4. The predicted molar refractivity (Wildman–Crippen MR) is 89.4 cm³/mol. The fraction of sp³-hybridized carbons (Fsp3) is 0.333. The third-order valence-corrected chi connectivity index (χ3v) is 3.38. The molecular weight excluding hydrogens is 294 g/mol. The molecule has 0 amide bonds. The number of methoxy groups -OCH3 is 2. The van der Waals surface area contributed by atoms with Crippen molar-refractivity contribution in [1.29, 1.82) is 0 Å². The van der Waals surface area contributed by atoms with Crippen molar-refractivity contribution in [2.75, 3.05) is 20.8 Å². The van der Waals surface area contributed by atoms with Crippen LogP contribution in [-0.2, 0) is 13.1 Å². The minimum absolute atomic E-state index is 0.272. The van der Waals surface area contributed by atoms with Gasteiger partial charge in [0, 0.05) is 13.1 Å². The monoisotopic (exact) mass is 317 g/mol. The molecule has 2 rings (SSSR count). The van der Waals surface area contributed by atoms with Gasteiger partial charge in [0.2, 0.25) is 5.75 Å². The third kappa shape index (κ3) is 4.53. The molecule has 0 bridgehead atoms. The Labute approximate surface area is 136 Å². The van der Waals surface area contributed by atoms with Gasteiger partial charge < -0.3 is 24.6 Å². The largest absolute Gasteiger partial charge is 0.508 e. The number of hydrogen-bond donors (Lipinski definition) is 2. The molecule has 0 saturated heterocycles. The maximum absolute atomic E-state index is 9.47. The van der Waals surface area contributed by atoms with Crippen LogP contribution in [0.15, 0.2) is 36.4 Å². The summed E-state index contributed by atoms with van der Waals surface area (Å²) in [5.41, 5.74) is 2.05. The fourth-order valence-electron chi connectivity index (χ4n) is 2.34. The van der Waals surface area contributed by atoms with Crippen molar-refractivity contribution in [3.8, 4) is 23.0 Å². The molecule has 0 unspecified atom stereocenters. The summed E-state index contributed by atoms with van der Waals surface area (Å²) in [5.74, 6) is 2.20. The number of aromatic hydroxyl groups is 1. The molecule has 5 nitrogen and oxygen atoms in total. The van der Waals surface area contributed by atoms with E-state index in [2.05, 4.69) is 5.32 Å². The lowest BCUT2D eigenvalue weighted by atomic mass is 10.1. The van der Waals surface area contributed by atoms with Gasteiger partial charge in [-0.05, 0) is 42.3 Å². The van der Waals surface area contributed by atoms with Crippen molar-refractivity contribution in [3.63, 3.8) is 0 Å². The van der Waals surface area contributed by atoms with E-state index < -0.39 is 0 Å². The third-order valence-electron chi connectivity index (χ3n) is 3.38. The van der Waals surface area contributed by atoms with Crippen LogP contribution in [0, 0.1) is 0 Å². The number of ether oxygens (including phenoxy) is 3. The van der Waals surface area contributed by atoms with Gasteiger partial charge >= 0.3 is 0 Å². The minimum atomic E-state index is 0.272. The smallest absolute Gasteiger partial charge is 0.203 e. The van der Waals surface area contributed by atoms with Crippen LogP contribution in [0.2, 0.25) is 0 Å². The van der Waals surface area contributed by atoms with Gasteiger partial charge in [-0.1, -0.05) is 12.1 Å². The van der Waals surface area contributed by atoms with Crippen molar-refractivity contribution in [3.05, 3.63) is 47.5 Å². The van der Waals surface area contributed by atoms with Crippen molar-refractivity contribution in [2.45, 2.75) is 20.0 Å². The lowest BCUT2D eigenvalue weighted by Crippen LogP contribution is -2.13. The van der Waals surface area contributed by atoms with Crippen LogP contribution in [-0.4, -0.2) is 25.9 Å². The van der Waals surface area contributed by atoms with Crippen molar-refractivity contribution < 1.29 is 19.3 Å². The van der Waals surface area contributed by atoms with Gasteiger partial charge in [-0.3, -0.25) is 0 Å². The molecule has 2 N–H and O–H groups in total. The first-order valence-corrected chi connectivity index (χ1v) is 7.54. The second-order valence-corrected chi connectivity index (χ2v) is 5.04. The molecule has 0 aliphatic rings. The van der Waals surface area contributed by atoms with Crippen LogP contribution in [0.25, 0.3) is 0 Å². The van der Waals surface area contributed by atoms with Crippen LogP contribution in [0.5, 0.6) is 23.0 Å². The van der Waals surface area contributed by atoms with Gasteiger partial charge in [0.05, 0.1) is 20.8 Å². The summed E-state index contributed by atoms with van der Waals surface area (Å²) in [6, 6.07) is 11.1. The van der Waals surface area contributed by atoms with E-state index in [1.807, 2.05) is 31.2 Å². The van der Waals surface area contributed by atoms with Crippen LogP contribution in [0.3, 0.4) is 0 Å². The number of benzene rings is 2. The summed E-state index contributed by atoms with van der Waals surface area (Å²) in [5, 5.41) is 12.8. The van der Waals surface area contributed by atoms with E-state index in [9.17, 15) is 5.11 Å². The van der Waals surface area contributed by atoms with Gasteiger partial charge in [-0.15, -0.1) is 0 Å². The molecule has 2 aromatic carbocycles. The molecule has 0 radical (unpaired) electrons. The number of hydrogen-bond acceptors (Lipinski definition) is 5. The summed E-state index contributed by atoms with van der Waals surface area (Å²) in [6.45, 7) is 3.77. The van der Waals surface area contributed by atoms with Crippen molar-refractivity contribution >= 4 is 0 Å². The first-order chi connectivity index (χ1) is 11.2. The zero-order valence-electron chi connectivity index (χ0n) is 13.8. The minimum Gasteiger partial charge on any atom is -0.508 e. The normalized spacial score (nSPS) is 10.4. The fourth-order valence-corrected chi connectivity index (χ4v) is 2.34. The first kappa shape index (κ1) is 17.0. The zero-order chi connectivity index (χ0) is 16.7. The Morgan fingerprint density at radius 3 is 2.17 bits per heavy atom. The Balaban J connectivity index is 2.07. The molecule has 0 atom stereocenters. The molecule has 23 heavy (non-hydrogen) atoms. The SMILES string of the molecule is CCOc1c(OC)cc(CNCc2cccc(O)c2)cc1OC. The second-order valence-electron chi connectivity index (χ2n) is 5.04. The number of phenolic OH excluding ortho intramolecular Hbond substituents is 1. The van der Waals surface area contributed by atoms with Gasteiger partial charge in [-0.2, -0.15) is 0 Å². The van der Waals surface area contributed by atoms with E-state index in [0.717, 1.165) is 11.1 Å². The molecule has 124 valence electrons. The van der Waals surface area contributed by atoms with Crippen LogP contribution >= 0.6 is 0 Å². The maximum atomic E-state index is 9.47. The Kier molecular flexibility index (Phi) is 6.11. The van der Waals surface area contributed by atoms with Crippen LogP contribution in [0.1, 0.15) is 18.1 Å². The standard InChI is InChI=1S/C18H23NO4/c1-4-23-18-16(21-2)9-14(10-17(18)22-3)12-19-11-13-6-5-7-15(20)8-13/h5-10,19-20H,4,11-12H2,1-3H3. The summed E-state index contributed by atoms with van der Waals surface area (Å²) in [6.07, 6.45) is 0. The lowest BCUT2D eigenvalue weighted by Gasteiger charge is -2.15. The highest BCUT2D eigenvalue weighted by Crippen LogP contribution is 2.38. The average molecular weight is 317 g/mol. The van der Waals surface area contributed by atoms with Crippen molar-refractivity contribution in [1.82, 2.24) is 5.32 Å². The van der Waals surface area contributed by atoms with Gasteiger partial charge in [0.15, 0.2) is 11.5 Å². The van der Waals surface area contributed by atoms with E-state index in [4.69, 9.17) is 14.2 Å². The molecule has 5 heteroatoms. The molecule has 0 aromatic heterocycles. The molecule has 2 aromatic rings. The van der Waals surface area contributed by atoms with Gasteiger partial charge in [-0.25, -0.2) is 0 Å². The average Bonchev–Trinajstić information content (AvgIpc) is 2.56. The molecule has 0 aliphatic heterocycles. The highest BCUT2D eigenvalue weighted by molar-refractivity contribution is 5.53. The van der Waals surface area contributed by atoms with Gasteiger partial charge in [0.1, 0.15) is 5.75 Å². The first-order valence-electron chi connectivity index (χ1n) is 7.54. The summed E-state index contributed by atoms with van der Waals surface area (Å²) in [4.78, 5) is 0. The predicted octanol–water partition coefficient (Wildman–Crippen LogP) is 3.10. The Bertz CT molecular complexity index is 618. The lowest BCUT2D eigenvalue weighted by molar-refractivity contribution is 0.288. The van der Waals surface area contributed by atoms with E-state index in [0.29, 0.717) is 36.9 Å². The summed E-state index contributed by atoms with van der Waals surface area (Å²) in [7, 11) is 3.22. The highest BCUT2D eigenvalue weighted by Gasteiger charge is 2.13. The van der Waals surface area contributed by atoms with E-state index in [-0.39, 0.29) is 5.75 Å². The Morgan fingerprint density at radius 2 is 1.61 bits per heavy atom. The second kappa shape index (κ2) is 8.29. The number of nitrogens with one attached hydrogen (secondary N) is 1. The van der Waals surface area contributed by atoms with Crippen LogP contribution in [0.4, 0.5) is 0 Å². The molecular formula is C18H23NO4. The zero-order valence-corrected chi connectivity index (χ0v) is 13.8. The Morgan fingerprint density at radius 1 is 0.957 bits per heavy atom. The summed E-state index contributed by atoms with van der Waals surface area (Å²) >= 11 is 0. The molecule has 0 fully saturated rings. The molecule has 0 aliphatic carbocycles. The van der Waals surface area contributed by atoms with Gasteiger partial charge in [0.25, 0.3) is 0 Å². The highest BCUT2D eigenvalue weighted by atomic mass is 16.5. The van der Waals surface area contributed by atoms with E-state index >= 15 is 0 Å². The van der Waals surface area contributed by atoms with E-state index in [1.165, 1.54) is 0 Å². The number of rotatable bonds is 8. The van der Waals surface area contributed by atoms with E-state index in [1.54, 1.807) is 26.4 Å². The Hall–Kier alpha value is -2.40. The van der Waals surface area contributed by atoms with Crippen LogP contribution < -0.4 is 19.5 Å².